The molecule has 0 saturated heterocycles. The van der Waals surface area contributed by atoms with Gasteiger partial charge in [0.05, 0.1) is 10.6 Å². The Morgan fingerprint density at radius 3 is 2.22 bits per heavy atom. The van der Waals surface area contributed by atoms with Gasteiger partial charge in [-0.1, -0.05) is 86.0 Å². The van der Waals surface area contributed by atoms with Crippen molar-refractivity contribution in [2.45, 2.75) is 76.3 Å². The van der Waals surface area contributed by atoms with Gasteiger partial charge in [-0.2, -0.15) is 0 Å². The Bertz CT molecular complexity index is 1420. The van der Waals surface area contributed by atoms with Crippen molar-refractivity contribution in [2.75, 3.05) is 17.4 Å². The molecule has 1 N–H and O–H groups in total. The normalized spacial score (nSPS) is 14.4. The van der Waals surface area contributed by atoms with Gasteiger partial charge in [0.15, 0.2) is 0 Å². The van der Waals surface area contributed by atoms with Crippen LogP contribution in [-0.2, 0) is 32.5 Å². The van der Waals surface area contributed by atoms with E-state index in [2.05, 4.69) is 5.32 Å². The third-order valence-electron chi connectivity index (χ3n) is 7.88. The highest BCUT2D eigenvalue weighted by Crippen LogP contribution is 2.28. The van der Waals surface area contributed by atoms with E-state index in [9.17, 15) is 18.0 Å². The first-order valence-corrected chi connectivity index (χ1v) is 16.0. The number of hydrogen-bond acceptors (Lipinski definition) is 4. The topological polar surface area (TPSA) is 86.8 Å². The quantitative estimate of drug-likeness (QED) is 0.319. The predicted octanol–water partition coefficient (Wildman–Crippen LogP) is 5.27. The Balaban J connectivity index is 1.67. The number of rotatable bonds is 12. The number of nitrogens with one attached hydrogen (secondary N) is 1. The molecule has 8 heteroatoms. The number of carbonyl (C=O) groups is 2. The summed E-state index contributed by atoms with van der Waals surface area (Å²) in [6, 6.07) is 23.0. The lowest BCUT2D eigenvalue weighted by molar-refractivity contribution is -0.139. The maximum Gasteiger partial charge on any atom is 0.264 e. The molecule has 2 amide bonds. The van der Waals surface area contributed by atoms with Crippen molar-refractivity contribution in [1.29, 1.82) is 0 Å². The molecular weight excluding hydrogens is 534 g/mol. The molecular formula is C33H41N3O4S. The third-order valence-corrected chi connectivity index (χ3v) is 9.66. The largest absolute Gasteiger partial charge is 0.352 e. The van der Waals surface area contributed by atoms with Crippen LogP contribution in [-0.4, -0.2) is 50.3 Å². The van der Waals surface area contributed by atoms with Crippen LogP contribution in [0.5, 0.6) is 0 Å². The van der Waals surface area contributed by atoms with Crippen LogP contribution in [0.2, 0.25) is 0 Å². The maximum atomic E-state index is 14.1. The Morgan fingerprint density at radius 2 is 1.56 bits per heavy atom. The summed E-state index contributed by atoms with van der Waals surface area (Å²) in [6.07, 6.45) is 5.18. The third kappa shape index (κ3) is 7.55. The van der Waals surface area contributed by atoms with Crippen LogP contribution in [0.15, 0.2) is 83.8 Å². The van der Waals surface area contributed by atoms with Crippen molar-refractivity contribution in [2.24, 2.45) is 0 Å². The van der Waals surface area contributed by atoms with Gasteiger partial charge in [0.25, 0.3) is 10.0 Å². The molecule has 0 heterocycles. The van der Waals surface area contributed by atoms with Crippen molar-refractivity contribution >= 4 is 27.5 Å². The molecule has 0 radical (unpaired) electrons. The van der Waals surface area contributed by atoms with E-state index < -0.39 is 28.5 Å². The van der Waals surface area contributed by atoms with E-state index in [4.69, 9.17) is 0 Å². The van der Waals surface area contributed by atoms with Crippen LogP contribution < -0.4 is 9.62 Å². The number of anilines is 1. The minimum atomic E-state index is -4.08. The number of carbonyl (C=O) groups excluding carboxylic acids is 2. The highest BCUT2D eigenvalue weighted by atomic mass is 32.2. The Morgan fingerprint density at radius 1 is 0.927 bits per heavy atom. The molecule has 0 aliphatic heterocycles. The van der Waals surface area contributed by atoms with Crippen molar-refractivity contribution in [3.63, 3.8) is 0 Å². The van der Waals surface area contributed by atoms with Crippen LogP contribution in [0, 0.1) is 6.92 Å². The van der Waals surface area contributed by atoms with Gasteiger partial charge >= 0.3 is 0 Å². The molecule has 0 bridgehead atoms. The molecule has 0 aromatic heterocycles. The molecule has 7 nitrogen and oxygen atoms in total. The minimum Gasteiger partial charge on any atom is -0.352 e. The zero-order valence-electron chi connectivity index (χ0n) is 24.3. The Kier molecular flexibility index (Phi) is 10.2. The molecule has 1 aliphatic rings. The second-order valence-corrected chi connectivity index (χ2v) is 12.7. The molecule has 1 fully saturated rings. The molecule has 1 aliphatic carbocycles. The van der Waals surface area contributed by atoms with Crippen LogP contribution >= 0.6 is 0 Å². The van der Waals surface area contributed by atoms with Gasteiger partial charge in [0.1, 0.15) is 12.6 Å². The number of para-hydroxylation sites is 1. The fourth-order valence-electron chi connectivity index (χ4n) is 5.37. The van der Waals surface area contributed by atoms with Gasteiger partial charge in [0, 0.05) is 12.6 Å². The minimum absolute atomic E-state index is 0.115. The molecule has 1 saturated carbocycles. The van der Waals surface area contributed by atoms with E-state index in [0.29, 0.717) is 18.5 Å². The molecule has 1 unspecified atom stereocenters. The van der Waals surface area contributed by atoms with Gasteiger partial charge in [0.2, 0.25) is 11.8 Å². The van der Waals surface area contributed by atoms with Gasteiger partial charge in [-0.05, 0) is 68.9 Å². The van der Waals surface area contributed by atoms with Crippen LogP contribution in [0.1, 0.15) is 56.2 Å². The zero-order valence-corrected chi connectivity index (χ0v) is 25.1. The van der Waals surface area contributed by atoms with E-state index in [1.165, 1.54) is 9.21 Å². The average Bonchev–Trinajstić information content (AvgIpc) is 3.49. The van der Waals surface area contributed by atoms with Gasteiger partial charge in [-0.25, -0.2) is 8.42 Å². The van der Waals surface area contributed by atoms with Gasteiger partial charge < -0.3 is 10.2 Å². The van der Waals surface area contributed by atoms with Gasteiger partial charge in [-0.15, -0.1) is 0 Å². The summed E-state index contributed by atoms with van der Waals surface area (Å²) in [5, 5.41) is 3.11. The van der Waals surface area contributed by atoms with E-state index >= 15 is 0 Å². The lowest BCUT2D eigenvalue weighted by Gasteiger charge is -2.33. The molecule has 0 spiro atoms. The number of hydrogen-bond donors (Lipinski definition) is 1. The molecule has 218 valence electrons. The standard InChI is InChI=1S/C33H41N3O4S/c1-4-28-14-8-11-17-31(28)36(41(39,40)30-20-18-25(2)19-21-30)24-32(37)35(23-22-27-12-6-5-7-13-27)26(3)33(38)34-29-15-9-10-16-29/h5-8,11-14,17-21,26,29H,4,9-10,15-16,22-24H2,1-3H3,(H,34,38). The smallest absolute Gasteiger partial charge is 0.264 e. The summed E-state index contributed by atoms with van der Waals surface area (Å²) >= 11 is 0. The van der Waals surface area contributed by atoms with Gasteiger partial charge in [-0.3, -0.25) is 13.9 Å². The summed E-state index contributed by atoms with van der Waals surface area (Å²) in [5.41, 5.74) is 3.26. The van der Waals surface area contributed by atoms with Crippen molar-refractivity contribution < 1.29 is 18.0 Å². The maximum absolute atomic E-state index is 14.1. The van der Waals surface area contributed by atoms with Crippen molar-refractivity contribution in [3.05, 3.63) is 95.6 Å². The zero-order chi connectivity index (χ0) is 29.4. The molecule has 3 aromatic rings. The lowest BCUT2D eigenvalue weighted by atomic mass is 10.1. The molecule has 3 aromatic carbocycles. The summed E-state index contributed by atoms with van der Waals surface area (Å²) in [6.45, 7) is 5.45. The first-order chi connectivity index (χ1) is 19.7. The van der Waals surface area contributed by atoms with E-state index in [-0.39, 0.29) is 23.4 Å². The highest BCUT2D eigenvalue weighted by Gasteiger charge is 2.33. The van der Waals surface area contributed by atoms with Crippen LogP contribution in [0.4, 0.5) is 5.69 Å². The number of nitrogens with zero attached hydrogens (tertiary/aromatic N) is 2. The Hall–Kier alpha value is -3.65. The Labute approximate surface area is 244 Å². The van der Waals surface area contributed by atoms with E-state index in [1.54, 1.807) is 43.3 Å². The summed E-state index contributed by atoms with van der Waals surface area (Å²) in [4.78, 5) is 29.1. The lowest BCUT2D eigenvalue weighted by Crippen LogP contribution is -2.53. The first-order valence-electron chi connectivity index (χ1n) is 14.5. The SMILES string of the molecule is CCc1ccccc1N(CC(=O)N(CCc1ccccc1)C(C)C(=O)NC1CCCC1)S(=O)(=O)c1ccc(C)cc1. The number of sulfonamides is 1. The highest BCUT2D eigenvalue weighted by molar-refractivity contribution is 7.92. The summed E-state index contributed by atoms with van der Waals surface area (Å²) in [5.74, 6) is -0.628. The fourth-order valence-corrected chi connectivity index (χ4v) is 6.82. The predicted molar refractivity (Wildman–Crippen MR) is 163 cm³/mol. The first kappa shape index (κ1) is 30.3. The molecule has 4 rings (SSSR count). The van der Waals surface area contributed by atoms with Crippen molar-refractivity contribution in [1.82, 2.24) is 10.2 Å². The van der Waals surface area contributed by atoms with Crippen molar-refractivity contribution in [3.8, 4) is 0 Å². The second kappa shape index (κ2) is 13.8. The van der Waals surface area contributed by atoms with E-state index in [1.807, 2.05) is 56.3 Å². The molecule has 1 atom stereocenters. The number of benzene rings is 3. The number of amides is 2. The fraction of sp³-hybridized carbons (Fsp3) is 0.394. The number of aryl methyl sites for hydroxylation is 2. The summed E-state index contributed by atoms with van der Waals surface area (Å²) < 4.78 is 29.3. The monoisotopic (exact) mass is 575 g/mol. The van der Waals surface area contributed by atoms with Crippen LogP contribution in [0.25, 0.3) is 0 Å². The van der Waals surface area contributed by atoms with E-state index in [0.717, 1.165) is 42.4 Å². The average molecular weight is 576 g/mol. The van der Waals surface area contributed by atoms with Crippen LogP contribution in [0.3, 0.4) is 0 Å². The summed E-state index contributed by atoms with van der Waals surface area (Å²) in [7, 11) is -4.08. The second-order valence-electron chi connectivity index (χ2n) is 10.8. The molecule has 41 heavy (non-hydrogen) atoms.